The summed E-state index contributed by atoms with van der Waals surface area (Å²) in [4.78, 5) is 0. The van der Waals surface area contributed by atoms with Crippen LogP contribution in [-0.2, 0) is 4.74 Å². The molecule has 2 rings (SSSR count). The van der Waals surface area contributed by atoms with Crippen molar-refractivity contribution in [2.45, 2.75) is 31.9 Å². The fourth-order valence-corrected chi connectivity index (χ4v) is 2.20. The van der Waals surface area contributed by atoms with Gasteiger partial charge < -0.3 is 10.5 Å². The predicted octanol–water partition coefficient (Wildman–Crippen LogP) is 2.56. The quantitative estimate of drug-likeness (QED) is 0.851. The average Bonchev–Trinajstić information content (AvgIpc) is 3.01. The van der Waals surface area contributed by atoms with Crippen LogP contribution in [0.5, 0.6) is 0 Å². The average molecular weight is 223 g/mol. The van der Waals surface area contributed by atoms with Crippen LogP contribution in [0.4, 0.5) is 4.39 Å². The first-order valence-electron chi connectivity index (χ1n) is 5.67. The van der Waals surface area contributed by atoms with Gasteiger partial charge in [0.1, 0.15) is 5.82 Å². The van der Waals surface area contributed by atoms with Gasteiger partial charge in [0.25, 0.3) is 0 Å². The Bertz CT molecular complexity index is 356. The highest BCUT2D eigenvalue weighted by Gasteiger charge is 2.35. The number of benzene rings is 1. The molecule has 2 nitrogen and oxygen atoms in total. The van der Waals surface area contributed by atoms with Crippen LogP contribution in [-0.4, -0.2) is 13.2 Å². The Labute approximate surface area is 95.6 Å². The molecule has 0 saturated heterocycles. The third-order valence-corrected chi connectivity index (χ3v) is 3.16. The van der Waals surface area contributed by atoms with E-state index in [0.717, 1.165) is 11.1 Å². The van der Waals surface area contributed by atoms with Crippen molar-refractivity contribution in [3.05, 3.63) is 35.1 Å². The van der Waals surface area contributed by atoms with Crippen molar-refractivity contribution in [1.29, 1.82) is 0 Å². The lowest BCUT2D eigenvalue weighted by Gasteiger charge is -2.23. The van der Waals surface area contributed by atoms with E-state index in [0.29, 0.717) is 5.92 Å². The Morgan fingerprint density at radius 2 is 2.06 bits per heavy atom. The van der Waals surface area contributed by atoms with E-state index in [4.69, 9.17) is 10.5 Å². The molecule has 88 valence electrons. The Morgan fingerprint density at radius 3 is 2.56 bits per heavy atom. The molecule has 3 heteroatoms. The first-order valence-corrected chi connectivity index (χ1v) is 5.67. The second-order valence-corrected chi connectivity index (χ2v) is 4.63. The standard InChI is InChI=1S/C13H18FNO/c1-8-5-10(7-11(14)6-8)12(15)13(16-2)9-3-4-9/h5-7,9,12-13H,3-4,15H2,1-2H3. The van der Waals surface area contributed by atoms with Crippen LogP contribution in [0.3, 0.4) is 0 Å². The van der Waals surface area contributed by atoms with Gasteiger partial charge in [-0.1, -0.05) is 6.07 Å². The van der Waals surface area contributed by atoms with Crippen molar-refractivity contribution in [3.8, 4) is 0 Å². The molecule has 0 bridgehead atoms. The van der Waals surface area contributed by atoms with Crippen molar-refractivity contribution in [2.75, 3.05) is 7.11 Å². The Balaban J connectivity index is 2.21. The first-order chi connectivity index (χ1) is 7.61. The van der Waals surface area contributed by atoms with Gasteiger partial charge in [-0.3, -0.25) is 0 Å². The summed E-state index contributed by atoms with van der Waals surface area (Å²) in [6.45, 7) is 1.87. The Morgan fingerprint density at radius 1 is 1.38 bits per heavy atom. The Hall–Kier alpha value is -0.930. The highest BCUT2D eigenvalue weighted by molar-refractivity contribution is 5.27. The lowest BCUT2D eigenvalue weighted by molar-refractivity contribution is 0.0623. The van der Waals surface area contributed by atoms with Gasteiger partial charge >= 0.3 is 0 Å². The van der Waals surface area contributed by atoms with Crippen LogP contribution in [0.2, 0.25) is 0 Å². The van der Waals surface area contributed by atoms with Crippen LogP contribution in [0.1, 0.15) is 30.0 Å². The normalized spacial score (nSPS) is 19.5. The number of aryl methyl sites for hydroxylation is 1. The molecule has 0 spiro atoms. The van der Waals surface area contributed by atoms with Gasteiger partial charge in [0, 0.05) is 7.11 Å². The molecule has 0 radical (unpaired) electrons. The van der Waals surface area contributed by atoms with E-state index in [9.17, 15) is 4.39 Å². The molecule has 1 fully saturated rings. The van der Waals surface area contributed by atoms with E-state index in [1.807, 2.05) is 13.0 Å². The van der Waals surface area contributed by atoms with Crippen LogP contribution in [0, 0.1) is 18.7 Å². The third kappa shape index (κ3) is 2.42. The van der Waals surface area contributed by atoms with Crippen molar-refractivity contribution in [3.63, 3.8) is 0 Å². The fraction of sp³-hybridized carbons (Fsp3) is 0.538. The first kappa shape index (κ1) is 11.6. The topological polar surface area (TPSA) is 35.2 Å². The van der Waals surface area contributed by atoms with E-state index in [-0.39, 0.29) is 18.0 Å². The Kier molecular flexibility index (Phi) is 3.26. The molecule has 0 amide bonds. The second-order valence-electron chi connectivity index (χ2n) is 4.63. The molecule has 1 aromatic carbocycles. The third-order valence-electron chi connectivity index (χ3n) is 3.16. The molecule has 0 heterocycles. The summed E-state index contributed by atoms with van der Waals surface area (Å²) in [5.74, 6) is 0.319. The van der Waals surface area contributed by atoms with Crippen molar-refractivity contribution >= 4 is 0 Å². The molecule has 16 heavy (non-hydrogen) atoms. The highest BCUT2D eigenvalue weighted by atomic mass is 19.1. The summed E-state index contributed by atoms with van der Waals surface area (Å²) in [6.07, 6.45) is 2.35. The molecule has 2 N–H and O–H groups in total. The molecular weight excluding hydrogens is 205 g/mol. The maximum Gasteiger partial charge on any atom is 0.123 e. The van der Waals surface area contributed by atoms with Gasteiger partial charge in [-0.15, -0.1) is 0 Å². The van der Waals surface area contributed by atoms with Gasteiger partial charge in [0.05, 0.1) is 12.1 Å². The van der Waals surface area contributed by atoms with Crippen LogP contribution >= 0.6 is 0 Å². The molecule has 2 unspecified atom stereocenters. The number of halogens is 1. The molecule has 1 saturated carbocycles. The zero-order valence-corrected chi connectivity index (χ0v) is 9.74. The largest absolute Gasteiger partial charge is 0.379 e. The molecule has 0 aliphatic heterocycles. The van der Waals surface area contributed by atoms with Crippen LogP contribution in [0.15, 0.2) is 18.2 Å². The number of methoxy groups -OCH3 is 1. The monoisotopic (exact) mass is 223 g/mol. The minimum absolute atomic E-state index is 0.0150. The molecule has 0 aromatic heterocycles. The zero-order valence-electron chi connectivity index (χ0n) is 9.74. The van der Waals surface area contributed by atoms with Gasteiger partial charge in [-0.25, -0.2) is 4.39 Å². The van der Waals surface area contributed by atoms with Crippen molar-refractivity contribution in [1.82, 2.24) is 0 Å². The fourth-order valence-electron chi connectivity index (χ4n) is 2.20. The number of hydrogen-bond acceptors (Lipinski definition) is 2. The predicted molar refractivity (Wildman–Crippen MR) is 61.6 cm³/mol. The van der Waals surface area contributed by atoms with Gasteiger partial charge in [-0.2, -0.15) is 0 Å². The van der Waals surface area contributed by atoms with Gasteiger partial charge in [0.2, 0.25) is 0 Å². The molecule has 1 aromatic rings. The summed E-state index contributed by atoms with van der Waals surface area (Å²) in [7, 11) is 1.68. The smallest absolute Gasteiger partial charge is 0.123 e. The summed E-state index contributed by atoms with van der Waals surface area (Å²) in [6, 6.07) is 4.72. The van der Waals surface area contributed by atoms with E-state index < -0.39 is 0 Å². The van der Waals surface area contributed by atoms with Crippen molar-refractivity contribution in [2.24, 2.45) is 11.7 Å². The lowest BCUT2D eigenvalue weighted by Crippen LogP contribution is -2.30. The second kappa shape index (κ2) is 4.52. The number of rotatable bonds is 4. The molecule has 1 aliphatic rings. The number of nitrogens with two attached hydrogens (primary N) is 1. The van der Waals surface area contributed by atoms with Crippen LogP contribution in [0.25, 0.3) is 0 Å². The minimum Gasteiger partial charge on any atom is -0.379 e. The maximum absolute atomic E-state index is 13.3. The maximum atomic E-state index is 13.3. The summed E-state index contributed by atoms with van der Waals surface area (Å²) < 4.78 is 18.7. The summed E-state index contributed by atoms with van der Waals surface area (Å²) in [5.41, 5.74) is 7.87. The highest BCUT2D eigenvalue weighted by Crippen LogP contribution is 2.39. The molecule has 2 atom stereocenters. The SMILES string of the molecule is COC(C1CC1)C(N)c1cc(C)cc(F)c1. The van der Waals surface area contributed by atoms with E-state index in [1.54, 1.807) is 7.11 Å². The van der Waals surface area contributed by atoms with Crippen LogP contribution < -0.4 is 5.73 Å². The van der Waals surface area contributed by atoms with E-state index in [2.05, 4.69) is 0 Å². The summed E-state index contributed by atoms with van der Waals surface area (Å²) in [5, 5.41) is 0. The molecular formula is C13H18FNO. The summed E-state index contributed by atoms with van der Waals surface area (Å²) >= 11 is 0. The zero-order chi connectivity index (χ0) is 11.7. The molecule has 1 aliphatic carbocycles. The number of ether oxygens (including phenoxy) is 1. The minimum atomic E-state index is -0.230. The van der Waals surface area contributed by atoms with Crippen molar-refractivity contribution < 1.29 is 9.13 Å². The van der Waals surface area contributed by atoms with Gasteiger partial charge in [-0.05, 0) is 48.9 Å². The van der Waals surface area contributed by atoms with Gasteiger partial charge in [0.15, 0.2) is 0 Å². The van der Waals surface area contributed by atoms with E-state index >= 15 is 0 Å². The number of hydrogen-bond donors (Lipinski definition) is 1. The van der Waals surface area contributed by atoms with E-state index in [1.165, 1.54) is 25.0 Å². The lowest BCUT2D eigenvalue weighted by atomic mass is 9.97.